The molecule has 3 rings (SSSR count). The van der Waals surface area contributed by atoms with Crippen molar-refractivity contribution in [3.8, 4) is 16.8 Å². The van der Waals surface area contributed by atoms with Crippen LogP contribution in [0.3, 0.4) is 0 Å². The van der Waals surface area contributed by atoms with Crippen LogP contribution in [0.5, 0.6) is 0 Å². The lowest BCUT2D eigenvalue weighted by Crippen LogP contribution is -2.05. The van der Waals surface area contributed by atoms with Crippen molar-refractivity contribution >= 4 is 21.7 Å². The smallest absolute Gasteiger partial charge is 0.241 e. The van der Waals surface area contributed by atoms with E-state index in [0.29, 0.717) is 0 Å². The molecule has 0 saturated carbocycles. The number of rotatable bonds is 3. The molecule has 0 radical (unpaired) electrons. The lowest BCUT2D eigenvalue weighted by atomic mass is 10.0. The van der Waals surface area contributed by atoms with E-state index < -0.39 is 21.5 Å². The van der Waals surface area contributed by atoms with Gasteiger partial charge in [0.25, 0.3) is 0 Å². The predicted octanol–water partition coefficient (Wildman–Crippen LogP) is 1.78. The second-order valence-corrected chi connectivity index (χ2v) is 7.34. The zero-order valence-electron chi connectivity index (χ0n) is 12.9. The van der Waals surface area contributed by atoms with E-state index in [1.807, 2.05) is 0 Å². The number of sulfone groups is 1. The summed E-state index contributed by atoms with van der Waals surface area (Å²) in [6.45, 7) is 0. The molecule has 0 bridgehead atoms. The average molecular weight is 365 g/mol. The number of benzene rings is 2. The monoisotopic (exact) mass is 365 g/mol. The second-order valence-electron chi connectivity index (χ2n) is 5.32. The van der Waals surface area contributed by atoms with Crippen molar-refractivity contribution in [2.75, 3.05) is 17.7 Å². The summed E-state index contributed by atoms with van der Waals surface area (Å²) in [6, 6.07) is 7.31. The van der Waals surface area contributed by atoms with Crippen molar-refractivity contribution in [1.82, 2.24) is 14.8 Å². The van der Waals surface area contributed by atoms with E-state index >= 15 is 0 Å². The Labute approximate surface area is 141 Å². The van der Waals surface area contributed by atoms with Gasteiger partial charge in [-0.2, -0.15) is 9.67 Å². The molecule has 0 saturated heterocycles. The molecule has 10 heteroatoms. The van der Waals surface area contributed by atoms with Crippen LogP contribution in [0.25, 0.3) is 16.8 Å². The first-order valence-electron chi connectivity index (χ1n) is 6.95. The molecular weight excluding hydrogens is 352 g/mol. The standard InChI is InChI=1S/C15H13F2N5O2S/c1-25(23,24)10-4-2-8(3-5-10)13-11(16)6-9(7-12(13)17)22-15(19)20-14(18)21-22/h2-7H,1H3,(H4,18,19,20,21). The van der Waals surface area contributed by atoms with Crippen molar-refractivity contribution < 1.29 is 17.2 Å². The molecule has 0 spiro atoms. The molecule has 0 unspecified atom stereocenters. The van der Waals surface area contributed by atoms with Crippen molar-refractivity contribution in [2.24, 2.45) is 0 Å². The molecule has 0 amide bonds. The molecule has 0 aliphatic carbocycles. The zero-order chi connectivity index (χ0) is 18.4. The fraction of sp³-hybridized carbons (Fsp3) is 0.0667. The molecule has 4 N–H and O–H groups in total. The first-order chi connectivity index (χ1) is 11.7. The van der Waals surface area contributed by atoms with Gasteiger partial charge in [0.05, 0.1) is 16.1 Å². The van der Waals surface area contributed by atoms with Crippen LogP contribution in [-0.2, 0) is 9.84 Å². The summed E-state index contributed by atoms with van der Waals surface area (Å²) in [7, 11) is -3.40. The summed E-state index contributed by atoms with van der Waals surface area (Å²) >= 11 is 0. The first-order valence-corrected chi connectivity index (χ1v) is 8.84. The van der Waals surface area contributed by atoms with E-state index in [1.165, 1.54) is 24.3 Å². The van der Waals surface area contributed by atoms with Crippen molar-refractivity contribution in [2.45, 2.75) is 4.90 Å². The van der Waals surface area contributed by atoms with Crippen LogP contribution in [0, 0.1) is 11.6 Å². The number of halogens is 2. The maximum Gasteiger partial charge on any atom is 0.241 e. The van der Waals surface area contributed by atoms with Gasteiger partial charge in [-0.15, -0.1) is 5.10 Å². The Morgan fingerprint density at radius 1 is 1.04 bits per heavy atom. The number of anilines is 2. The zero-order valence-corrected chi connectivity index (χ0v) is 13.8. The number of hydrogen-bond donors (Lipinski definition) is 2. The SMILES string of the molecule is CS(=O)(=O)c1ccc(-c2c(F)cc(-n3nc(N)nc3N)cc2F)cc1. The van der Waals surface area contributed by atoms with Crippen LogP contribution in [-0.4, -0.2) is 29.4 Å². The molecule has 0 aliphatic heterocycles. The number of aromatic nitrogens is 3. The van der Waals surface area contributed by atoms with Crippen LogP contribution < -0.4 is 11.5 Å². The highest BCUT2D eigenvalue weighted by molar-refractivity contribution is 7.90. The fourth-order valence-electron chi connectivity index (χ4n) is 2.36. The Bertz CT molecular complexity index is 1040. The minimum atomic E-state index is -3.40. The number of hydrogen-bond acceptors (Lipinski definition) is 6. The van der Waals surface area contributed by atoms with Crippen molar-refractivity contribution in [1.29, 1.82) is 0 Å². The molecule has 0 atom stereocenters. The third kappa shape index (κ3) is 3.15. The quantitative estimate of drug-likeness (QED) is 0.731. The van der Waals surface area contributed by atoms with E-state index in [4.69, 9.17) is 11.5 Å². The molecule has 1 aromatic heterocycles. The van der Waals surface area contributed by atoms with E-state index in [0.717, 1.165) is 23.1 Å². The Balaban J connectivity index is 2.08. The molecule has 2 aromatic carbocycles. The Hall–Kier alpha value is -3.01. The Kier molecular flexibility index (Phi) is 3.91. The Morgan fingerprint density at radius 3 is 2.04 bits per heavy atom. The molecule has 0 aliphatic rings. The van der Waals surface area contributed by atoms with Gasteiger partial charge in [0.2, 0.25) is 11.9 Å². The molecule has 3 aromatic rings. The van der Waals surface area contributed by atoms with Gasteiger partial charge in [-0.3, -0.25) is 0 Å². The van der Waals surface area contributed by atoms with Gasteiger partial charge in [-0.25, -0.2) is 17.2 Å². The normalized spacial score (nSPS) is 11.6. The van der Waals surface area contributed by atoms with Crippen molar-refractivity contribution in [3.05, 3.63) is 48.0 Å². The first kappa shape index (κ1) is 16.8. The molecule has 7 nitrogen and oxygen atoms in total. The molecule has 1 heterocycles. The van der Waals surface area contributed by atoms with Gasteiger partial charge in [0.1, 0.15) is 11.6 Å². The molecular formula is C15H13F2N5O2S. The summed E-state index contributed by atoms with van der Waals surface area (Å²) in [5, 5.41) is 3.76. The molecule has 0 fully saturated rings. The van der Waals surface area contributed by atoms with Gasteiger partial charge in [0.15, 0.2) is 9.84 Å². The van der Waals surface area contributed by atoms with E-state index in [2.05, 4.69) is 10.1 Å². The highest BCUT2D eigenvalue weighted by Crippen LogP contribution is 2.29. The van der Waals surface area contributed by atoms with Crippen LogP contribution >= 0.6 is 0 Å². The number of nitrogens with zero attached hydrogens (tertiary/aromatic N) is 3. The molecule has 25 heavy (non-hydrogen) atoms. The fourth-order valence-corrected chi connectivity index (χ4v) is 2.99. The Morgan fingerprint density at radius 2 is 1.60 bits per heavy atom. The molecule has 130 valence electrons. The maximum absolute atomic E-state index is 14.5. The lowest BCUT2D eigenvalue weighted by molar-refractivity contribution is 0.586. The van der Waals surface area contributed by atoms with Gasteiger partial charge < -0.3 is 11.5 Å². The van der Waals surface area contributed by atoms with Crippen molar-refractivity contribution in [3.63, 3.8) is 0 Å². The highest BCUT2D eigenvalue weighted by atomic mass is 32.2. The van der Waals surface area contributed by atoms with Gasteiger partial charge >= 0.3 is 0 Å². The van der Waals surface area contributed by atoms with Crippen LogP contribution in [0.4, 0.5) is 20.7 Å². The summed E-state index contributed by atoms with van der Waals surface area (Å²) < 4.78 is 52.9. The minimum Gasteiger partial charge on any atom is -0.368 e. The van der Waals surface area contributed by atoms with Gasteiger partial charge in [-0.05, 0) is 17.7 Å². The van der Waals surface area contributed by atoms with Crippen LogP contribution in [0.1, 0.15) is 0 Å². The van der Waals surface area contributed by atoms with E-state index in [-0.39, 0.29) is 33.6 Å². The predicted molar refractivity (Wildman–Crippen MR) is 88.6 cm³/mol. The van der Waals surface area contributed by atoms with E-state index in [1.54, 1.807) is 0 Å². The van der Waals surface area contributed by atoms with Crippen LogP contribution in [0.2, 0.25) is 0 Å². The summed E-state index contributed by atoms with van der Waals surface area (Å²) in [6.07, 6.45) is 1.05. The summed E-state index contributed by atoms with van der Waals surface area (Å²) in [4.78, 5) is 3.72. The highest BCUT2D eigenvalue weighted by Gasteiger charge is 2.17. The third-order valence-corrected chi connectivity index (χ3v) is 4.62. The van der Waals surface area contributed by atoms with E-state index in [9.17, 15) is 17.2 Å². The third-order valence-electron chi connectivity index (χ3n) is 3.49. The van der Waals surface area contributed by atoms with Crippen LogP contribution in [0.15, 0.2) is 41.3 Å². The summed E-state index contributed by atoms with van der Waals surface area (Å²) in [5.41, 5.74) is 10.9. The summed E-state index contributed by atoms with van der Waals surface area (Å²) in [5.74, 6) is -1.97. The maximum atomic E-state index is 14.5. The number of nitrogen functional groups attached to an aromatic ring is 2. The lowest BCUT2D eigenvalue weighted by Gasteiger charge is -2.09. The topological polar surface area (TPSA) is 117 Å². The van der Waals surface area contributed by atoms with Gasteiger partial charge in [-0.1, -0.05) is 12.1 Å². The minimum absolute atomic E-state index is 0.0215. The largest absolute Gasteiger partial charge is 0.368 e. The van der Waals surface area contributed by atoms with Gasteiger partial charge in [0, 0.05) is 18.4 Å². The number of nitrogens with two attached hydrogens (primary N) is 2. The second kappa shape index (κ2) is 5.81. The average Bonchev–Trinajstić information content (AvgIpc) is 2.85.